The molecule has 0 fully saturated rings. The summed E-state index contributed by atoms with van der Waals surface area (Å²) in [7, 11) is 2.88. The Labute approximate surface area is 149 Å². The summed E-state index contributed by atoms with van der Waals surface area (Å²) >= 11 is 5.11. The second-order valence-electron chi connectivity index (χ2n) is 4.81. The normalized spacial score (nSPS) is 9.84. The van der Waals surface area contributed by atoms with Crippen molar-refractivity contribution < 1.29 is 24.2 Å². The first-order chi connectivity index (χ1) is 12.0. The second-order valence-corrected chi connectivity index (χ2v) is 5.22. The van der Waals surface area contributed by atoms with Crippen LogP contribution in [0.25, 0.3) is 0 Å². The van der Waals surface area contributed by atoms with Crippen molar-refractivity contribution in [2.45, 2.75) is 0 Å². The van der Waals surface area contributed by atoms with E-state index in [0.29, 0.717) is 17.1 Å². The zero-order chi connectivity index (χ0) is 18.4. The standard InChI is InChI=1S/C17H16N2O5S/c1-23-13-6-4-3-5-11(13)15(20)19-17(25)18-12-9-10(16(21)22)7-8-14(12)24-2/h3-9H,1-2H3,(H,21,22)(H2,18,19,20,25)/p-1. The van der Waals surface area contributed by atoms with Crippen LogP contribution in [0.3, 0.4) is 0 Å². The number of carbonyl (C=O) groups is 2. The van der Waals surface area contributed by atoms with E-state index in [4.69, 9.17) is 21.7 Å². The molecule has 0 bridgehead atoms. The lowest BCUT2D eigenvalue weighted by Crippen LogP contribution is -2.34. The Morgan fingerprint density at radius 1 is 1.04 bits per heavy atom. The van der Waals surface area contributed by atoms with Gasteiger partial charge in [-0.3, -0.25) is 10.1 Å². The minimum atomic E-state index is -1.34. The third-order valence-corrected chi connectivity index (χ3v) is 3.47. The fourth-order valence-electron chi connectivity index (χ4n) is 2.09. The molecule has 8 heteroatoms. The third-order valence-electron chi connectivity index (χ3n) is 3.26. The van der Waals surface area contributed by atoms with E-state index >= 15 is 0 Å². The molecule has 0 radical (unpaired) electrons. The van der Waals surface area contributed by atoms with Gasteiger partial charge in [0.2, 0.25) is 0 Å². The predicted octanol–water partition coefficient (Wildman–Crippen LogP) is 1.19. The smallest absolute Gasteiger partial charge is 0.261 e. The minimum Gasteiger partial charge on any atom is -0.545 e. The van der Waals surface area contributed by atoms with E-state index in [1.165, 1.54) is 32.4 Å². The second kappa shape index (κ2) is 8.11. The quantitative estimate of drug-likeness (QED) is 0.774. The topological polar surface area (TPSA) is 99.7 Å². The summed E-state index contributed by atoms with van der Waals surface area (Å²) in [5.74, 6) is -1.04. The number of thiocarbonyl (C=S) groups is 1. The van der Waals surface area contributed by atoms with Gasteiger partial charge in [-0.05, 0) is 48.1 Å². The summed E-state index contributed by atoms with van der Waals surface area (Å²) in [6, 6.07) is 10.8. The number of carbonyl (C=O) groups excluding carboxylic acids is 2. The first kappa shape index (κ1) is 18.2. The summed E-state index contributed by atoms with van der Waals surface area (Å²) in [6.07, 6.45) is 0. The Kier molecular flexibility index (Phi) is 5.91. The number of amides is 1. The van der Waals surface area contributed by atoms with Crippen LogP contribution < -0.4 is 25.2 Å². The zero-order valence-corrected chi connectivity index (χ0v) is 14.3. The lowest BCUT2D eigenvalue weighted by Gasteiger charge is -2.15. The van der Waals surface area contributed by atoms with Crippen LogP contribution in [0.4, 0.5) is 5.69 Å². The van der Waals surface area contributed by atoms with Crippen LogP contribution in [-0.4, -0.2) is 31.2 Å². The Hall–Kier alpha value is -3.13. The molecule has 1 amide bonds. The lowest BCUT2D eigenvalue weighted by molar-refractivity contribution is -0.255. The molecule has 0 spiro atoms. The van der Waals surface area contributed by atoms with Gasteiger partial charge >= 0.3 is 0 Å². The molecule has 2 aromatic carbocycles. The maximum absolute atomic E-state index is 12.3. The van der Waals surface area contributed by atoms with Gasteiger partial charge in [0.05, 0.1) is 31.4 Å². The van der Waals surface area contributed by atoms with E-state index in [1.807, 2.05) is 0 Å². The van der Waals surface area contributed by atoms with Crippen molar-refractivity contribution in [3.8, 4) is 11.5 Å². The number of rotatable bonds is 5. The van der Waals surface area contributed by atoms with Crippen LogP contribution in [0, 0.1) is 0 Å². The molecule has 0 saturated carbocycles. The average molecular weight is 359 g/mol. The van der Waals surface area contributed by atoms with Crippen LogP contribution in [0.1, 0.15) is 20.7 Å². The Balaban J connectivity index is 2.16. The molecule has 0 saturated heterocycles. The monoisotopic (exact) mass is 359 g/mol. The molecule has 0 aliphatic heterocycles. The van der Waals surface area contributed by atoms with Crippen LogP contribution in [0.2, 0.25) is 0 Å². The molecule has 0 aromatic heterocycles. The Morgan fingerprint density at radius 2 is 1.72 bits per heavy atom. The molecule has 2 N–H and O–H groups in total. The number of hydrogen-bond acceptors (Lipinski definition) is 6. The number of para-hydroxylation sites is 1. The van der Waals surface area contributed by atoms with Gasteiger partial charge in [-0.1, -0.05) is 12.1 Å². The van der Waals surface area contributed by atoms with E-state index in [2.05, 4.69) is 10.6 Å². The van der Waals surface area contributed by atoms with Crippen molar-refractivity contribution in [1.29, 1.82) is 0 Å². The fourth-order valence-corrected chi connectivity index (χ4v) is 2.29. The van der Waals surface area contributed by atoms with Crippen LogP contribution >= 0.6 is 12.2 Å². The van der Waals surface area contributed by atoms with Gasteiger partial charge in [0.25, 0.3) is 5.91 Å². The number of ether oxygens (including phenoxy) is 2. The van der Waals surface area contributed by atoms with Crippen LogP contribution in [-0.2, 0) is 0 Å². The number of carboxylic acid groups (broad SMARTS) is 1. The molecule has 2 aromatic rings. The molecule has 0 aliphatic carbocycles. The zero-order valence-electron chi connectivity index (χ0n) is 13.5. The SMILES string of the molecule is COc1ccc(C(=O)[O-])cc1NC(=S)NC(=O)c1ccccc1OC. The molecule has 0 atom stereocenters. The molecular weight excluding hydrogens is 344 g/mol. The number of nitrogens with one attached hydrogen (secondary N) is 2. The summed E-state index contributed by atoms with van der Waals surface area (Å²) in [5.41, 5.74) is 0.543. The number of aromatic carboxylic acids is 1. The van der Waals surface area contributed by atoms with Gasteiger partial charge in [0, 0.05) is 0 Å². The van der Waals surface area contributed by atoms with Crippen molar-refractivity contribution >= 4 is 34.9 Å². The maximum atomic E-state index is 12.3. The largest absolute Gasteiger partial charge is 0.545 e. The molecule has 0 heterocycles. The summed E-state index contributed by atoms with van der Waals surface area (Å²) in [4.78, 5) is 23.3. The molecule has 0 unspecified atom stereocenters. The highest BCUT2D eigenvalue weighted by molar-refractivity contribution is 7.80. The van der Waals surface area contributed by atoms with E-state index in [0.717, 1.165) is 0 Å². The Bertz CT molecular complexity index is 822. The van der Waals surface area contributed by atoms with Crippen molar-refractivity contribution in [2.75, 3.05) is 19.5 Å². The number of carboxylic acids is 1. The number of anilines is 1. The number of methoxy groups -OCH3 is 2. The first-order valence-electron chi connectivity index (χ1n) is 7.11. The van der Waals surface area contributed by atoms with Crippen molar-refractivity contribution in [2.24, 2.45) is 0 Å². The van der Waals surface area contributed by atoms with Crippen LogP contribution in [0.5, 0.6) is 11.5 Å². The van der Waals surface area contributed by atoms with Crippen molar-refractivity contribution in [3.63, 3.8) is 0 Å². The third kappa shape index (κ3) is 4.45. The average Bonchev–Trinajstić information content (AvgIpc) is 2.61. The molecule has 2 rings (SSSR count). The van der Waals surface area contributed by atoms with Gasteiger partial charge in [0.15, 0.2) is 5.11 Å². The highest BCUT2D eigenvalue weighted by Gasteiger charge is 2.14. The van der Waals surface area contributed by atoms with E-state index in [9.17, 15) is 14.7 Å². The fraction of sp³-hybridized carbons (Fsp3) is 0.118. The molecular formula is C17H15N2O5S-. The maximum Gasteiger partial charge on any atom is 0.261 e. The Morgan fingerprint density at radius 3 is 2.36 bits per heavy atom. The van der Waals surface area contributed by atoms with Crippen molar-refractivity contribution in [1.82, 2.24) is 5.32 Å². The summed E-state index contributed by atoms with van der Waals surface area (Å²) in [5, 5.41) is 16.2. The number of benzene rings is 2. The minimum absolute atomic E-state index is 0.0234. The van der Waals surface area contributed by atoms with Gasteiger partial charge in [-0.2, -0.15) is 0 Å². The molecule has 130 valence electrons. The lowest BCUT2D eigenvalue weighted by atomic mass is 10.2. The van der Waals surface area contributed by atoms with E-state index < -0.39 is 11.9 Å². The highest BCUT2D eigenvalue weighted by atomic mass is 32.1. The first-order valence-corrected chi connectivity index (χ1v) is 7.51. The summed E-state index contributed by atoms with van der Waals surface area (Å²) in [6.45, 7) is 0. The molecule has 7 nitrogen and oxygen atoms in total. The van der Waals surface area contributed by atoms with Gasteiger partial charge in [0.1, 0.15) is 11.5 Å². The number of hydrogen-bond donors (Lipinski definition) is 2. The van der Waals surface area contributed by atoms with Crippen molar-refractivity contribution in [3.05, 3.63) is 53.6 Å². The molecule has 25 heavy (non-hydrogen) atoms. The van der Waals surface area contributed by atoms with Gasteiger partial charge in [-0.15, -0.1) is 0 Å². The predicted molar refractivity (Wildman–Crippen MR) is 94.0 cm³/mol. The molecule has 0 aliphatic rings. The van der Waals surface area contributed by atoms with Gasteiger partial charge in [-0.25, -0.2) is 0 Å². The van der Waals surface area contributed by atoms with E-state index in [1.54, 1.807) is 24.3 Å². The highest BCUT2D eigenvalue weighted by Crippen LogP contribution is 2.25. The van der Waals surface area contributed by atoms with E-state index in [-0.39, 0.29) is 16.4 Å². The van der Waals surface area contributed by atoms with Gasteiger partial charge < -0.3 is 24.7 Å². The summed E-state index contributed by atoms with van der Waals surface area (Å²) < 4.78 is 10.3. The van der Waals surface area contributed by atoms with Crippen LogP contribution in [0.15, 0.2) is 42.5 Å².